The van der Waals surface area contributed by atoms with Gasteiger partial charge in [-0.2, -0.15) is 0 Å². The molecular formula is C12H19ClO2. The Morgan fingerprint density at radius 1 is 1.47 bits per heavy atom. The van der Waals surface area contributed by atoms with Gasteiger partial charge >= 0.3 is 5.97 Å². The first-order chi connectivity index (χ1) is 7.06. The Balaban J connectivity index is 2.65. The summed E-state index contributed by atoms with van der Waals surface area (Å²) in [5.41, 5.74) is 0.698. The van der Waals surface area contributed by atoms with Gasteiger partial charge in [-0.1, -0.05) is 38.8 Å². The van der Waals surface area contributed by atoms with Crippen molar-refractivity contribution in [3.05, 3.63) is 10.6 Å². The monoisotopic (exact) mass is 230 g/mol. The lowest BCUT2D eigenvalue weighted by Gasteiger charge is -2.12. The number of carbonyl (C=O) groups excluding carboxylic acids is 1. The zero-order valence-electron chi connectivity index (χ0n) is 9.68. The summed E-state index contributed by atoms with van der Waals surface area (Å²) >= 11 is 6.15. The van der Waals surface area contributed by atoms with Crippen molar-refractivity contribution in [3.8, 4) is 0 Å². The molecule has 0 aromatic carbocycles. The largest absolute Gasteiger partial charge is 0.453 e. The van der Waals surface area contributed by atoms with E-state index in [1.54, 1.807) is 0 Å². The Morgan fingerprint density at radius 2 is 2.13 bits per heavy atom. The SMILES string of the molecule is CCCCC1=C(Cl)C(CC(C)C)OC1=O. The van der Waals surface area contributed by atoms with Crippen LogP contribution < -0.4 is 0 Å². The van der Waals surface area contributed by atoms with Gasteiger partial charge in [0.2, 0.25) is 0 Å². The van der Waals surface area contributed by atoms with E-state index in [1.807, 2.05) is 0 Å². The topological polar surface area (TPSA) is 26.3 Å². The molecule has 0 saturated carbocycles. The molecule has 3 heteroatoms. The molecule has 1 heterocycles. The van der Waals surface area contributed by atoms with E-state index in [0.717, 1.165) is 25.7 Å². The maximum atomic E-state index is 11.5. The highest BCUT2D eigenvalue weighted by Gasteiger charge is 2.32. The molecule has 1 unspecified atom stereocenters. The van der Waals surface area contributed by atoms with Crippen LogP contribution in [0.25, 0.3) is 0 Å². The molecule has 0 bridgehead atoms. The van der Waals surface area contributed by atoms with Gasteiger partial charge in [0.05, 0.1) is 10.6 Å². The highest BCUT2D eigenvalue weighted by atomic mass is 35.5. The van der Waals surface area contributed by atoms with Gasteiger partial charge in [-0.05, 0) is 25.2 Å². The Kier molecular flexibility index (Phi) is 4.65. The van der Waals surface area contributed by atoms with Crippen LogP contribution in [0.15, 0.2) is 10.6 Å². The number of carbonyl (C=O) groups is 1. The van der Waals surface area contributed by atoms with E-state index in [1.165, 1.54) is 0 Å². The molecule has 1 rings (SSSR count). The Hall–Kier alpha value is -0.500. The fraction of sp³-hybridized carbons (Fsp3) is 0.750. The second kappa shape index (κ2) is 5.55. The summed E-state index contributed by atoms with van der Waals surface area (Å²) in [5.74, 6) is 0.279. The molecule has 0 radical (unpaired) electrons. The smallest absolute Gasteiger partial charge is 0.335 e. The summed E-state index contributed by atoms with van der Waals surface area (Å²) < 4.78 is 5.25. The number of esters is 1. The zero-order chi connectivity index (χ0) is 11.4. The molecule has 15 heavy (non-hydrogen) atoms. The van der Waals surface area contributed by atoms with Crippen molar-refractivity contribution < 1.29 is 9.53 Å². The minimum atomic E-state index is -0.209. The molecule has 0 amide bonds. The van der Waals surface area contributed by atoms with Crippen LogP contribution in [0.5, 0.6) is 0 Å². The molecule has 1 aliphatic rings. The van der Waals surface area contributed by atoms with E-state index >= 15 is 0 Å². The third-order valence-corrected chi connectivity index (χ3v) is 3.00. The summed E-state index contributed by atoms with van der Waals surface area (Å²) in [5, 5.41) is 0.641. The molecule has 2 nitrogen and oxygen atoms in total. The molecule has 1 atom stereocenters. The highest BCUT2D eigenvalue weighted by molar-refractivity contribution is 6.33. The predicted molar refractivity (Wildman–Crippen MR) is 61.7 cm³/mol. The zero-order valence-corrected chi connectivity index (χ0v) is 10.4. The second-order valence-electron chi connectivity index (χ2n) is 4.45. The van der Waals surface area contributed by atoms with Crippen molar-refractivity contribution in [1.29, 1.82) is 0 Å². The van der Waals surface area contributed by atoms with Crippen molar-refractivity contribution in [2.24, 2.45) is 5.92 Å². The summed E-state index contributed by atoms with van der Waals surface area (Å²) in [4.78, 5) is 11.5. The maximum Gasteiger partial charge on any atom is 0.335 e. The van der Waals surface area contributed by atoms with E-state index in [2.05, 4.69) is 20.8 Å². The lowest BCUT2D eigenvalue weighted by atomic mass is 10.0. The van der Waals surface area contributed by atoms with Gasteiger partial charge in [0.15, 0.2) is 0 Å². The van der Waals surface area contributed by atoms with Gasteiger partial charge in [-0.15, -0.1) is 0 Å². The van der Waals surface area contributed by atoms with Gasteiger partial charge in [-0.3, -0.25) is 0 Å². The van der Waals surface area contributed by atoms with E-state index in [9.17, 15) is 4.79 Å². The molecule has 0 spiro atoms. The molecule has 0 aromatic heterocycles. The third kappa shape index (κ3) is 3.23. The van der Waals surface area contributed by atoms with Crippen LogP contribution in [0, 0.1) is 5.92 Å². The summed E-state index contributed by atoms with van der Waals surface area (Å²) in [6, 6.07) is 0. The average molecular weight is 231 g/mol. The number of halogens is 1. The van der Waals surface area contributed by atoms with Crippen LogP contribution in [-0.4, -0.2) is 12.1 Å². The third-order valence-electron chi connectivity index (χ3n) is 2.53. The number of unbranched alkanes of at least 4 members (excludes halogenated alkanes) is 1. The first-order valence-corrected chi connectivity index (χ1v) is 6.03. The van der Waals surface area contributed by atoms with Gasteiger partial charge in [-0.25, -0.2) is 4.79 Å². The van der Waals surface area contributed by atoms with Crippen LogP contribution >= 0.6 is 11.6 Å². The minimum Gasteiger partial charge on any atom is -0.453 e. The van der Waals surface area contributed by atoms with Crippen molar-refractivity contribution >= 4 is 17.6 Å². The number of hydrogen-bond donors (Lipinski definition) is 0. The van der Waals surface area contributed by atoms with Crippen LogP contribution in [0.1, 0.15) is 46.5 Å². The minimum absolute atomic E-state index is 0.189. The fourth-order valence-electron chi connectivity index (χ4n) is 1.70. The summed E-state index contributed by atoms with van der Waals surface area (Å²) in [7, 11) is 0. The fourth-order valence-corrected chi connectivity index (χ4v) is 2.00. The quantitative estimate of drug-likeness (QED) is 0.674. The second-order valence-corrected chi connectivity index (χ2v) is 4.86. The molecule has 0 aliphatic carbocycles. The summed E-state index contributed by atoms with van der Waals surface area (Å²) in [6.45, 7) is 6.30. The van der Waals surface area contributed by atoms with E-state index in [-0.39, 0.29) is 12.1 Å². The van der Waals surface area contributed by atoms with Crippen LogP contribution in [-0.2, 0) is 9.53 Å². The van der Waals surface area contributed by atoms with E-state index in [0.29, 0.717) is 16.5 Å². The normalized spacial score (nSPS) is 21.4. The molecular weight excluding hydrogens is 212 g/mol. The molecule has 0 saturated heterocycles. The Labute approximate surface area is 96.6 Å². The lowest BCUT2D eigenvalue weighted by molar-refractivity contribution is -0.140. The Morgan fingerprint density at radius 3 is 2.67 bits per heavy atom. The number of hydrogen-bond acceptors (Lipinski definition) is 2. The molecule has 86 valence electrons. The lowest BCUT2D eigenvalue weighted by Crippen LogP contribution is -2.12. The highest BCUT2D eigenvalue weighted by Crippen LogP contribution is 2.32. The maximum absolute atomic E-state index is 11.5. The van der Waals surface area contributed by atoms with E-state index in [4.69, 9.17) is 16.3 Å². The Bertz CT molecular complexity index is 269. The van der Waals surface area contributed by atoms with Gasteiger partial charge in [0, 0.05) is 0 Å². The molecule has 1 aliphatic heterocycles. The molecule has 0 fully saturated rings. The number of ether oxygens (including phenoxy) is 1. The van der Waals surface area contributed by atoms with Crippen molar-refractivity contribution in [2.45, 2.75) is 52.6 Å². The predicted octanol–water partition coefficient (Wildman–Crippen LogP) is 3.64. The molecule has 0 N–H and O–H groups in total. The van der Waals surface area contributed by atoms with Crippen molar-refractivity contribution in [3.63, 3.8) is 0 Å². The average Bonchev–Trinajstić information content (AvgIpc) is 2.39. The van der Waals surface area contributed by atoms with Crippen molar-refractivity contribution in [2.75, 3.05) is 0 Å². The van der Waals surface area contributed by atoms with Crippen LogP contribution in [0.4, 0.5) is 0 Å². The van der Waals surface area contributed by atoms with Gasteiger partial charge < -0.3 is 4.74 Å². The first-order valence-electron chi connectivity index (χ1n) is 5.65. The van der Waals surface area contributed by atoms with Crippen LogP contribution in [0.3, 0.4) is 0 Å². The van der Waals surface area contributed by atoms with Gasteiger partial charge in [0.1, 0.15) is 6.10 Å². The standard InChI is InChI=1S/C12H19ClO2/c1-4-5-6-9-11(13)10(7-8(2)3)15-12(9)14/h8,10H,4-7H2,1-3H3. The number of rotatable bonds is 5. The van der Waals surface area contributed by atoms with Gasteiger partial charge in [0.25, 0.3) is 0 Å². The molecule has 0 aromatic rings. The summed E-state index contributed by atoms with van der Waals surface area (Å²) in [6.07, 6.45) is 3.44. The number of cyclic esters (lactones) is 1. The first kappa shape index (κ1) is 12.6. The van der Waals surface area contributed by atoms with Crippen LogP contribution in [0.2, 0.25) is 0 Å². The van der Waals surface area contributed by atoms with Crippen molar-refractivity contribution in [1.82, 2.24) is 0 Å². The van der Waals surface area contributed by atoms with E-state index < -0.39 is 0 Å².